The summed E-state index contributed by atoms with van der Waals surface area (Å²) in [5, 5.41) is 6.43. The normalized spacial score (nSPS) is 15.8. The van der Waals surface area contributed by atoms with E-state index in [9.17, 15) is 9.59 Å². The van der Waals surface area contributed by atoms with E-state index in [1.807, 2.05) is 4.90 Å². The third kappa shape index (κ3) is 6.04. The first-order valence-corrected chi connectivity index (χ1v) is 10.4. The van der Waals surface area contributed by atoms with Crippen molar-refractivity contribution in [3.8, 4) is 0 Å². The first-order valence-electron chi connectivity index (χ1n) is 10.4. The van der Waals surface area contributed by atoms with Crippen LogP contribution in [-0.2, 0) is 4.74 Å². The third-order valence-electron chi connectivity index (χ3n) is 5.38. The molecule has 0 radical (unpaired) electrons. The van der Waals surface area contributed by atoms with E-state index < -0.39 is 0 Å². The van der Waals surface area contributed by atoms with Crippen molar-refractivity contribution in [2.75, 3.05) is 46.4 Å². The molecule has 1 aliphatic rings. The lowest BCUT2D eigenvalue weighted by Gasteiger charge is -2.37. The first-order chi connectivity index (χ1) is 13.5. The van der Waals surface area contributed by atoms with Crippen molar-refractivity contribution in [1.82, 2.24) is 15.5 Å². The lowest BCUT2D eigenvalue weighted by Crippen LogP contribution is -2.47. The molecule has 1 aromatic carbocycles. The van der Waals surface area contributed by atoms with E-state index in [4.69, 9.17) is 4.74 Å². The summed E-state index contributed by atoms with van der Waals surface area (Å²) in [5.74, 6) is -0.145. The standard InChI is InChI=1S/C22H35N3O3/c1-4-13-25(14-5-2)21(27)19-8-6-7-18(15-19)20(26)24-16-22(17-28-3)9-11-23-12-10-22/h6-8,15,23H,4-5,9-14,16-17H2,1-3H3,(H,24,26). The lowest BCUT2D eigenvalue weighted by molar-refractivity contribution is 0.0511. The number of amides is 2. The van der Waals surface area contributed by atoms with Gasteiger partial charge in [0.25, 0.3) is 11.8 Å². The number of carbonyl (C=O) groups is 2. The SMILES string of the molecule is CCCN(CCC)C(=O)c1cccc(C(=O)NCC2(COC)CCNCC2)c1. The van der Waals surface area contributed by atoms with Gasteiger partial charge in [-0.1, -0.05) is 19.9 Å². The van der Waals surface area contributed by atoms with Gasteiger partial charge in [-0.3, -0.25) is 9.59 Å². The molecule has 156 valence electrons. The quantitative estimate of drug-likeness (QED) is 0.645. The molecular weight excluding hydrogens is 354 g/mol. The van der Waals surface area contributed by atoms with Crippen LogP contribution in [0.2, 0.25) is 0 Å². The van der Waals surface area contributed by atoms with Gasteiger partial charge in [0.05, 0.1) is 6.61 Å². The van der Waals surface area contributed by atoms with E-state index in [1.165, 1.54) is 0 Å². The summed E-state index contributed by atoms with van der Waals surface area (Å²) in [7, 11) is 1.71. The van der Waals surface area contributed by atoms with Gasteiger partial charge in [0.1, 0.15) is 0 Å². The minimum Gasteiger partial charge on any atom is -0.384 e. The molecule has 6 nitrogen and oxygen atoms in total. The second-order valence-corrected chi connectivity index (χ2v) is 7.74. The number of methoxy groups -OCH3 is 1. The van der Waals surface area contributed by atoms with Crippen molar-refractivity contribution in [2.24, 2.45) is 5.41 Å². The predicted octanol–water partition coefficient (Wildman–Crippen LogP) is 2.69. The Morgan fingerprint density at radius 1 is 1.14 bits per heavy atom. The van der Waals surface area contributed by atoms with E-state index >= 15 is 0 Å². The molecule has 1 aromatic rings. The third-order valence-corrected chi connectivity index (χ3v) is 5.38. The Morgan fingerprint density at radius 3 is 2.39 bits per heavy atom. The van der Waals surface area contributed by atoms with Crippen LogP contribution in [0, 0.1) is 5.41 Å². The van der Waals surface area contributed by atoms with Crippen LogP contribution in [0.4, 0.5) is 0 Å². The zero-order valence-corrected chi connectivity index (χ0v) is 17.6. The molecule has 1 saturated heterocycles. The second-order valence-electron chi connectivity index (χ2n) is 7.74. The molecule has 2 rings (SSSR count). The Labute approximate surface area is 169 Å². The molecule has 2 amide bonds. The first kappa shape index (κ1) is 22.4. The summed E-state index contributed by atoms with van der Waals surface area (Å²) in [4.78, 5) is 27.4. The monoisotopic (exact) mass is 389 g/mol. The van der Waals surface area contributed by atoms with Crippen LogP contribution in [0.3, 0.4) is 0 Å². The second kappa shape index (κ2) is 11.2. The Morgan fingerprint density at radius 2 is 1.79 bits per heavy atom. The van der Waals surface area contributed by atoms with Gasteiger partial charge in [0, 0.05) is 43.3 Å². The zero-order chi connectivity index (χ0) is 20.4. The molecular formula is C22H35N3O3. The fourth-order valence-electron chi connectivity index (χ4n) is 3.84. The molecule has 0 atom stereocenters. The minimum atomic E-state index is -0.138. The molecule has 1 aliphatic heterocycles. The van der Waals surface area contributed by atoms with Crippen molar-refractivity contribution < 1.29 is 14.3 Å². The highest BCUT2D eigenvalue weighted by molar-refractivity contribution is 5.99. The van der Waals surface area contributed by atoms with Gasteiger partial charge in [-0.2, -0.15) is 0 Å². The highest BCUT2D eigenvalue weighted by Gasteiger charge is 2.32. The van der Waals surface area contributed by atoms with Crippen LogP contribution in [0.25, 0.3) is 0 Å². The van der Waals surface area contributed by atoms with E-state index in [0.717, 1.165) is 51.9 Å². The Kier molecular flexibility index (Phi) is 8.93. The highest BCUT2D eigenvalue weighted by Crippen LogP contribution is 2.28. The van der Waals surface area contributed by atoms with Gasteiger partial charge in [0.15, 0.2) is 0 Å². The van der Waals surface area contributed by atoms with Crippen LogP contribution in [0.15, 0.2) is 24.3 Å². The topological polar surface area (TPSA) is 70.7 Å². The molecule has 0 aliphatic carbocycles. The maximum Gasteiger partial charge on any atom is 0.253 e. The van der Waals surface area contributed by atoms with Crippen molar-refractivity contribution in [2.45, 2.75) is 39.5 Å². The van der Waals surface area contributed by atoms with Crippen LogP contribution < -0.4 is 10.6 Å². The van der Waals surface area contributed by atoms with Gasteiger partial charge >= 0.3 is 0 Å². The lowest BCUT2D eigenvalue weighted by atomic mass is 9.79. The molecule has 2 N–H and O–H groups in total. The highest BCUT2D eigenvalue weighted by atomic mass is 16.5. The zero-order valence-electron chi connectivity index (χ0n) is 17.6. The Bertz CT molecular complexity index is 630. The van der Waals surface area contributed by atoms with E-state index in [1.54, 1.807) is 31.4 Å². The number of hydrogen-bond donors (Lipinski definition) is 2. The van der Waals surface area contributed by atoms with Crippen LogP contribution in [0.1, 0.15) is 60.2 Å². The Hall–Kier alpha value is -1.92. The van der Waals surface area contributed by atoms with E-state index in [0.29, 0.717) is 24.3 Å². The van der Waals surface area contributed by atoms with Crippen molar-refractivity contribution in [3.05, 3.63) is 35.4 Å². The molecule has 0 spiro atoms. The van der Waals surface area contributed by atoms with Crippen molar-refractivity contribution in [1.29, 1.82) is 0 Å². The fourth-order valence-corrected chi connectivity index (χ4v) is 3.84. The Balaban J connectivity index is 2.05. The number of ether oxygens (including phenoxy) is 1. The number of nitrogens with one attached hydrogen (secondary N) is 2. The van der Waals surface area contributed by atoms with Gasteiger partial charge in [-0.15, -0.1) is 0 Å². The number of hydrogen-bond acceptors (Lipinski definition) is 4. The summed E-state index contributed by atoms with van der Waals surface area (Å²) in [6.45, 7) is 8.69. The minimum absolute atomic E-state index is 0.00689. The van der Waals surface area contributed by atoms with Crippen LogP contribution in [0.5, 0.6) is 0 Å². The summed E-state index contributed by atoms with van der Waals surface area (Å²) >= 11 is 0. The van der Waals surface area contributed by atoms with Crippen molar-refractivity contribution >= 4 is 11.8 Å². The smallest absolute Gasteiger partial charge is 0.253 e. The average Bonchev–Trinajstić information content (AvgIpc) is 2.72. The van der Waals surface area contributed by atoms with Gasteiger partial charge in [-0.25, -0.2) is 0 Å². The molecule has 0 aromatic heterocycles. The van der Waals surface area contributed by atoms with E-state index in [2.05, 4.69) is 24.5 Å². The molecule has 0 saturated carbocycles. The van der Waals surface area contributed by atoms with Gasteiger partial charge < -0.3 is 20.3 Å². The summed E-state index contributed by atoms with van der Waals surface area (Å²) in [6, 6.07) is 7.05. The maximum atomic E-state index is 12.8. The number of benzene rings is 1. The summed E-state index contributed by atoms with van der Waals surface area (Å²) < 4.78 is 5.42. The van der Waals surface area contributed by atoms with Crippen LogP contribution in [-0.4, -0.2) is 63.2 Å². The molecule has 1 fully saturated rings. The van der Waals surface area contributed by atoms with Crippen LogP contribution >= 0.6 is 0 Å². The summed E-state index contributed by atoms with van der Waals surface area (Å²) in [6.07, 6.45) is 3.79. The van der Waals surface area contributed by atoms with Gasteiger partial charge in [-0.05, 0) is 57.0 Å². The van der Waals surface area contributed by atoms with Crippen molar-refractivity contribution in [3.63, 3.8) is 0 Å². The molecule has 6 heteroatoms. The molecule has 0 bridgehead atoms. The molecule has 1 heterocycles. The maximum absolute atomic E-state index is 12.8. The van der Waals surface area contributed by atoms with E-state index in [-0.39, 0.29) is 17.2 Å². The number of nitrogens with zero attached hydrogens (tertiary/aromatic N) is 1. The molecule has 0 unspecified atom stereocenters. The number of piperidine rings is 1. The molecule has 28 heavy (non-hydrogen) atoms. The number of rotatable bonds is 10. The van der Waals surface area contributed by atoms with Gasteiger partial charge in [0.2, 0.25) is 0 Å². The predicted molar refractivity (Wildman–Crippen MR) is 112 cm³/mol. The number of carbonyl (C=O) groups excluding carboxylic acids is 2. The average molecular weight is 390 g/mol. The fraction of sp³-hybridized carbons (Fsp3) is 0.636. The largest absolute Gasteiger partial charge is 0.384 e. The summed E-state index contributed by atoms with van der Waals surface area (Å²) in [5.41, 5.74) is 1.07.